The van der Waals surface area contributed by atoms with Crippen LogP contribution in [-0.2, 0) is 28.3 Å². The lowest BCUT2D eigenvalue weighted by Gasteiger charge is -2.43. The molecule has 0 aromatic heterocycles. The van der Waals surface area contributed by atoms with E-state index in [1.807, 2.05) is 31.2 Å². The number of rotatable bonds is 2. The standard InChI is InChI=1S/C35H45ClN4O6S/c1-22-6-5-8-31(45-2)29-13-10-26(29)19-39-18-25-9-12-27(36)16-23(25)7-3-4-15-46-32-14-11-24(17-30(32)39)33(42)38-47(44)34(22)37-35(43)40-20-28(41)21-40/h5,8-9,11-12,14,16-17,22,26,28-29,31,34,41,47H,3-4,6-7,10,13,15,18-21H2,1-2H3,(H,37,43)/b8-5+/t22-,26-,29+,31-,34?/m0/s1. The van der Waals surface area contributed by atoms with Crippen molar-refractivity contribution in [3.05, 3.63) is 70.3 Å². The van der Waals surface area contributed by atoms with E-state index in [1.165, 1.54) is 16.0 Å². The van der Waals surface area contributed by atoms with E-state index in [9.17, 15) is 18.9 Å². The number of thiol groups is 1. The Morgan fingerprint density at radius 2 is 1.96 bits per heavy atom. The number of aliphatic hydroxyl groups is 1. The van der Waals surface area contributed by atoms with Gasteiger partial charge in [-0.2, -0.15) is 4.36 Å². The zero-order chi connectivity index (χ0) is 33.1. The molecule has 3 heterocycles. The molecule has 10 nitrogen and oxygen atoms in total. The molecule has 2 aromatic rings. The molecule has 2 aromatic carbocycles. The minimum Gasteiger partial charge on any atom is -0.491 e. The van der Waals surface area contributed by atoms with E-state index in [2.05, 4.69) is 32.8 Å². The first-order valence-electron chi connectivity index (χ1n) is 16.6. The van der Waals surface area contributed by atoms with Crippen LogP contribution in [0, 0.1) is 17.8 Å². The summed E-state index contributed by atoms with van der Waals surface area (Å²) in [6.45, 7) is 4.21. The Labute approximate surface area is 283 Å². The normalized spacial score (nSPS) is 29.7. The lowest BCUT2D eigenvalue weighted by Crippen LogP contribution is -2.58. The fraction of sp³-hybridized carbons (Fsp3) is 0.543. The maximum absolute atomic E-state index is 13.7. The lowest BCUT2D eigenvalue weighted by molar-refractivity contribution is 0.0133. The second-order valence-electron chi connectivity index (χ2n) is 13.3. The van der Waals surface area contributed by atoms with Gasteiger partial charge in [-0.3, -0.25) is 9.00 Å². The highest BCUT2D eigenvalue weighted by Gasteiger charge is 2.38. The van der Waals surface area contributed by atoms with Crippen molar-refractivity contribution in [1.29, 1.82) is 0 Å². The number of halogens is 1. The van der Waals surface area contributed by atoms with Gasteiger partial charge in [-0.15, -0.1) is 0 Å². The number of benzene rings is 2. The van der Waals surface area contributed by atoms with Crippen molar-refractivity contribution in [3.63, 3.8) is 0 Å². The molecule has 0 spiro atoms. The summed E-state index contributed by atoms with van der Waals surface area (Å²) in [4.78, 5) is 30.4. The van der Waals surface area contributed by atoms with Gasteiger partial charge in [0.2, 0.25) is 0 Å². The van der Waals surface area contributed by atoms with E-state index in [0.717, 1.165) is 44.3 Å². The van der Waals surface area contributed by atoms with Crippen LogP contribution in [0.25, 0.3) is 0 Å². The summed E-state index contributed by atoms with van der Waals surface area (Å²) in [5, 5.41) is 12.4. The molecule has 254 valence electrons. The Morgan fingerprint density at radius 1 is 1.13 bits per heavy atom. The largest absolute Gasteiger partial charge is 0.491 e. The molecule has 1 saturated heterocycles. The summed E-state index contributed by atoms with van der Waals surface area (Å²) in [6, 6.07) is 11.0. The van der Waals surface area contributed by atoms with Gasteiger partial charge in [-0.25, -0.2) is 4.79 Å². The quantitative estimate of drug-likeness (QED) is 0.293. The molecule has 6 atom stereocenters. The number of allylic oxidation sites excluding steroid dienone is 1. The number of carbonyl (C=O) groups excluding carboxylic acids is 2. The first-order valence-corrected chi connectivity index (χ1v) is 18.3. The van der Waals surface area contributed by atoms with Gasteiger partial charge in [0.1, 0.15) is 11.1 Å². The first kappa shape index (κ1) is 33.8. The lowest BCUT2D eigenvalue weighted by atomic mass is 9.70. The van der Waals surface area contributed by atoms with Crippen LogP contribution in [-0.4, -0.2) is 77.1 Å². The molecule has 47 heavy (non-hydrogen) atoms. The Kier molecular flexibility index (Phi) is 10.8. The summed E-state index contributed by atoms with van der Waals surface area (Å²) in [6.07, 6.45) is 8.79. The van der Waals surface area contributed by atoms with Crippen molar-refractivity contribution >= 4 is 39.8 Å². The number of aliphatic hydroxyl groups excluding tert-OH is 1. The minimum absolute atomic E-state index is 0.0958. The number of hydrogen-bond acceptors (Lipinski definition) is 7. The van der Waals surface area contributed by atoms with Crippen LogP contribution in [0.5, 0.6) is 5.75 Å². The number of nitrogens with zero attached hydrogens (tertiary/aromatic N) is 3. The summed E-state index contributed by atoms with van der Waals surface area (Å²) >= 11 is 6.44. The highest BCUT2D eigenvalue weighted by molar-refractivity contribution is 7.76. The van der Waals surface area contributed by atoms with Crippen LogP contribution >= 0.6 is 11.6 Å². The Hall–Kier alpha value is -3.12. The van der Waals surface area contributed by atoms with Crippen molar-refractivity contribution in [3.8, 4) is 5.75 Å². The fourth-order valence-corrected chi connectivity index (χ4v) is 8.40. The van der Waals surface area contributed by atoms with Crippen LogP contribution in [0.2, 0.25) is 5.02 Å². The maximum Gasteiger partial charge on any atom is 0.318 e. The Balaban J connectivity index is 1.41. The van der Waals surface area contributed by atoms with E-state index in [0.29, 0.717) is 47.7 Å². The molecule has 3 aliphatic heterocycles. The molecule has 1 aliphatic carbocycles. The van der Waals surface area contributed by atoms with Gasteiger partial charge in [-0.05, 0) is 97.7 Å². The third kappa shape index (κ3) is 7.80. The van der Waals surface area contributed by atoms with Crippen LogP contribution < -0.4 is 15.0 Å². The molecule has 4 aliphatic rings. The topological polar surface area (TPSA) is 121 Å². The Morgan fingerprint density at radius 3 is 2.70 bits per heavy atom. The third-order valence-electron chi connectivity index (χ3n) is 10.0. The number of β-amino-alcohol motifs (C(OH)–C–C–N with tert-alkyl or cyclic N) is 1. The SMILES string of the molecule is CO[C@H]1/C=C/C[C@H](C)C(NC(=O)N2CC(O)C2)/[SH](=O)=N\C(=O)c2ccc3c(c2)N(Cc2ccc(Cl)cc2CCCCO3)C[C@@H]2CC[C@H]21. The summed E-state index contributed by atoms with van der Waals surface area (Å²) < 4.78 is 30.2. The van der Waals surface area contributed by atoms with Gasteiger partial charge in [0.25, 0.3) is 5.91 Å². The number of methoxy groups -OCH3 is 1. The van der Waals surface area contributed by atoms with E-state index in [-0.39, 0.29) is 25.1 Å². The van der Waals surface area contributed by atoms with Crippen LogP contribution in [0.15, 0.2) is 52.9 Å². The monoisotopic (exact) mass is 684 g/mol. The molecule has 2 unspecified atom stereocenters. The number of anilines is 1. The van der Waals surface area contributed by atoms with E-state index in [1.54, 1.807) is 13.2 Å². The molecule has 2 N–H and O–H groups in total. The van der Waals surface area contributed by atoms with Crippen molar-refractivity contribution < 1.29 is 28.4 Å². The summed E-state index contributed by atoms with van der Waals surface area (Å²) in [7, 11) is -0.788. The number of urea groups is 1. The van der Waals surface area contributed by atoms with Crippen molar-refractivity contribution in [2.75, 3.05) is 38.3 Å². The summed E-state index contributed by atoms with van der Waals surface area (Å²) in [5.41, 5.74) is 3.50. The molecule has 6 rings (SSSR count). The van der Waals surface area contributed by atoms with Gasteiger partial charge in [0.05, 0.1) is 48.2 Å². The zero-order valence-electron chi connectivity index (χ0n) is 27.0. The molecule has 3 amide bonds. The number of nitrogens with one attached hydrogen (secondary N) is 1. The van der Waals surface area contributed by atoms with Gasteiger partial charge in [0, 0.05) is 30.8 Å². The molecular weight excluding hydrogens is 640 g/mol. The number of aryl methyl sites for hydroxylation is 1. The highest BCUT2D eigenvalue weighted by atomic mass is 35.5. The number of ether oxygens (including phenoxy) is 2. The van der Waals surface area contributed by atoms with Gasteiger partial charge in [-0.1, -0.05) is 36.7 Å². The molecule has 2 bridgehead atoms. The molecule has 12 heteroatoms. The second-order valence-corrected chi connectivity index (χ2v) is 15.1. The predicted molar refractivity (Wildman–Crippen MR) is 184 cm³/mol. The number of fused-ring (bicyclic) bond motifs is 3. The van der Waals surface area contributed by atoms with E-state index >= 15 is 0 Å². The van der Waals surface area contributed by atoms with Crippen LogP contribution in [0.4, 0.5) is 10.5 Å². The van der Waals surface area contributed by atoms with E-state index in [4.69, 9.17) is 21.1 Å². The first-order chi connectivity index (χ1) is 22.7. The molecule has 2 fully saturated rings. The third-order valence-corrected chi connectivity index (χ3v) is 11.7. The zero-order valence-corrected chi connectivity index (χ0v) is 28.7. The smallest absolute Gasteiger partial charge is 0.318 e. The number of carbonyl (C=O) groups is 2. The van der Waals surface area contributed by atoms with E-state index < -0.39 is 34.0 Å². The highest BCUT2D eigenvalue weighted by Crippen LogP contribution is 2.42. The number of likely N-dealkylation sites (tertiary alicyclic amines) is 1. The van der Waals surface area contributed by atoms with Gasteiger partial charge >= 0.3 is 6.03 Å². The van der Waals surface area contributed by atoms with Gasteiger partial charge in [0.15, 0.2) is 0 Å². The maximum atomic E-state index is 13.7. The molecule has 0 radical (unpaired) electrons. The van der Waals surface area contributed by atoms with Crippen LogP contribution in [0.1, 0.15) is 60.5 Å². The predicted octanol–water partition coefficient (Wildman–Crippen LogP) is 5.22. The average Bonchev–Trinajstić information content (AvgIpc) is 3.05. The second kappa shape index (κ2) is 15.0. The average molecular weight is 685 g/mol. The fourth-order valence-electron chi connectivity index (χ4n) is 7.01. The van der Waals surface area contributed by atoms with Gasteiger partial charge < -0.3 is 29.7 Å². The molecule has 1 saturated carbocycles. The number of amides is 3. The summed E-state index contributed by atoms with van der Waals surface area (Å²) in [5.74, 6) is 0.454. The number of hydrogen-bond donors (Lipinski definition) is 3. The minimum atomic E-state index is -2.52. The van der Waals surface area contributed by atoms with Crippen LogP contribution in [0.3, 0.4) is 0 Å². The Bertz CT molecular complexity index is 1590. The van der Waals surface area contributed by atoms with Crippen molar-refractivity contribution in [2.24, 2.45) is 22.1 Å². The van der Waals surface area contributed by atoms with Crippen molar-refractivity contribution in [2.45, 2.75) is 69.6 Å². The molecular formula is C35H45ClN4O6S. The van der Waals surface area contributed by atoms with Crippen molar-refractivity contribution in [1.82, 2.24) is 10.2 Å².